The molecular formula is C25H24N2O3S. The van der Waals surface area contributed by atoms with Crippen molar-refractivity contribution in [1.29, 1.82) is 0 Å². The average molecular weight is 433 g/mol. The Labute approximate surface area is 184 Å². The minimum Gasteiger partial charge on any atom is -0.456 e. The summed E-state index contributed by atoms with van der Waals surface area (Å²) in [6.07, 6.45) is 1.70. The van der Waals surface area contributed by atoms with E-state index < -0.39 is 0 Å². The van der Waals surface area contributed by atoms with E-state index in [4.69, 9.17) is 4.74 Å². The van der Waals surface area contributed by atoms with Gasteiger partial charge in [-0.1, -0.05) is 29.8 Å². The summed E-state index contributed by atoms with van der Waals surface area (Å²) in [5.74, 6) is 1.34. The summed E-state index contributed by atoms with van der Waals surface area (Å²) in [5.41, 5.74) is 4.66. The van der Waals surface area contributed by atoms with Gasteiger partial charge in [-0.05, 0) is 57.0 Å². The molecule has 2 aromatic heterocycles. The summed E-state index contributed by atoms with van der Waals surface area (Å²) in [7, 11) is 0. The molecule has 5 nitrogen and oxygen atoms in total. The van der Waals surface area contributed by atoms with Gasteiger partial charge in [-0.25, -0.2) is 0 Å². The molecule has 158 valence electrons. The minimum atomic E-state index is -0.213. The molecule has 0 aliphatic heterocycles. The van der Waals surface area contributed by atoms with Crippen LogP contribution in [0.5, 0.6) is 11.5 Å². The Hall–Kier alpha value is -3.38. The predicted molar refractivity (Wildman–Crippen MR) is 127 cm³/mol. The molecule has 0 aliphatic carbocycles. The van der Waals surface area contributed by atoms with Crippen LogP contribution >= 0.6 is 11.3 Å². The van der Waals surface area contributed by atoms with E-state index in [1.807, 2.05) is 64.1 Å². The summed E-state index contributed by atoms with van der Waals surface area (Å²) >= 11 is 1.32. The van der Waals surface area contributed by atoms with E-state index in [1.54, 1.807) is 12.3 Å². The first kappa shape index (κ1) is 20.9. The molecule has 0 saturated heterocycles. The Bertz CT molecular complexity index is 1330. The van der Waals surface area contributed by atoms with Gasteiger partial charge >= 0.3 is 0 Å². The number of rotatable bonds is 5. The highest BCUT2D eigenvalue weighted by atomic mass is 32.1. The Morgan fingerprint density at radius 2 is 1.81 bits per heavy atom. The van der Waals surface area contributed by atoms with E-state index in [1.165, 1.54) is 11.3 Å². The van der Waals surface area contributed by atoms with Gasteiger partial charge in [-0.15, -0.1) is 11.3 Å². The molecule has 0 unspecified atom stereocenters. The van der Waals surface area contributed by atoms with Gasteiger partial charge in [0.05, 0.1) is 15.0 Å². The van der Waals surface area contributed by atoms with Crippen LogP contribution in [0.2, 0.25) is 0 Å². The molecule has 0 saturated carbocycles. The standard InChI is InChI=1S/C25H24N2O3S/c1-5-26-25(29)21-12-18-23(31-21)19(13-27-24(18)28)17-11-14(2)9-10-20(17)30-22-15(3)7-6-8-16(22)4/h6-13H,5H2,1-4H3,(H,26,29)(H,27,28). The van der Waals surface area contributed by atoms with Crippen LogP contribution in [-0.2, 0) is 0 Å². The van der Waals surface area contributed by atoms with Crippen molar-refractivity contribution in [2.24, 2.45) is 0 Å². The fourth-order valence-electron chi connectivity index (χ4n) is 3.61. The lowest BCUT2D eigenvalue weighted by Gasteiger charge is -2.16. The lowest BCUT2D eigenvalue weighted by Crippen LogP contribution is -2.21. The van der Waals surface area contributed by atoms with E-state index >= 15 is 0 Å². The molecule has 0 bridgehead atoms. The number of aromatic nitrogens is 1. The molecule has 2 aromatic carbocycles. The van der Waals surface area contributed by atoms with Crippen molar-refractivity contribution < 1.29 is 9.53 Å². The summed E-state index contributed by atoms with van der Waals surface area (Å²) in [4.78, 5) is 28.2. The van der Waals surface area contributed by atoms with Crippen LogP contribution in [0.15, 0.2) is 53.5 Å². The number of para-hydroxylation sites is 1. The lowest BCUT2D eigenvalue weighted by molar-refractivity contribution is 0.0960. The zero-order valence-electron chi connectivity index (χ0n) is 18.0. The third kappa shape index (κ3) is 3.99. The predicted octanol–water partition coefficient (Wildman–Crippen LogP) is 5.72. The van der Waals surface area contributed by atoms with E-state index in [2.05, 4.69) is 10.3 Å². The SMILES string of the molecule is CCNC(=O)c1cc2c(=O)[nH]cc(-c3cc(C)ccc3Oc3c(C)cccc3C)c2s1. The summed E-state index contributed by atoms with van der Waals surface area (Å²) < 4.78 is 7.15. The molecule has 0 radical (unpaired) electrons. The van der Waals surface area contributed by atoms with E-state index in [-0.39, 0.29) is 11.5 Å². The topological polar surface area (TPSA) is 71.2 Å². The summed E-state index contributed by atoms with van der Waals surface area (Å²) in [5, 5.41) is 3.30. The smallest absolute Gasteiger partial charge is 0.261 e. The second-order valence-electron chi connectivity index (χ2n) is 7.57. The molecule has 4 aromatic rings. The number of pyridine rings is 1. The number of fused-ring (bicyclic) bond motifs is 1. The highest BCUT2D eigenvalue weighted by molar-refractivity contribution is 7.21. The van der Waals surface area contributed by atoms with Crippen molar-refractivity contribution in [3.8, 4) is 22.6 Å². The molecule has 0 spiro atoms. The first-order chi connectivity index (χ1) is 14.9. The molecule has 0 fully saturated rings. The molecule has 4 rings (SSSR count). The van der Waals surface area contributed by atoms with Gasteiger partial charge in [0.2, 0.25) is 0 Å². The Kier molecular flexibility index (Phi) is 5.65. The van der Waals surface area contributed by atoms with Crippen LogP contribution < -0.4 is 15.6 Å². The van der Waals surface area contributed by atoms with Crippen LogP contribution in [0.25, 0.3) is 21.2 Å². The molecule has 1 amide bonds. The number of hydrogen-bond acceptors (Lipinski definition) is 4. The molecule has 0 atom stereocenters. The number of carbonyl (C=O) groups is 1. The van der Waals surface area contributed by atoms with Gasteiger partial charge in [0.1, 0.15) is 11.5 Å². The van der Waals surface area contributed by atoms with Crippen molar-refractivity contribution >= 4 is 27.3 Å². The number of aromatic amines is 1. The average Bonchev–Trinajstić information content (AvgIpc) is 3.19. The Morgan fingerprint density at radius 1 is 1.06 bits per heavy atom. The van der Waals surface area contributed by atoms with Crippen LogP contribution in [0.3, 0.4) is 0 Å². The fourth-order valence-corrected chi connectivity index (χ4v) is 4.72. The zero-order valence-corrected chi connectivity index (χ0v) is 18.8. The number of benzene rings is 2. The van der Waals surface area contributed by atoms with Gasteiger partial charge in [0.15, 0.2) is 0 Å². The molecule has 0 aliphatic rings. The maximum atomic E-state index is 12.5. The van der Waals surface area contributed by atoms with E-state index in [0.29, 0.717) is 22.6 Å². The highest BCUT2D eigenvalue weighted by Crippen LogP contribution is 2.40. The van der Waals surface area contributed by atoms with Crippen LogP contribution in [0.4, 0.5) is 0 Å². The fraction of sp³-hybridized carbons (Fsp3) is 0.200. The Morgan fingerprint density at radius 3 is 2.52 bits per heavy atom. The summed E-state index contributed by atoms with van der Waals surface area (Å²) in [6.45, 7) is 8.46. The minimum absolute atomic E-state index is 0.176. The maximum Gasteiger partial charge on any atom is 0.261 e. The van der Waals surface area contributed by atoms with Gasteiger partial charge in [0.25, 0.3) is 11.5 Å². The molecule has 31 heavy (non-hydrogen) atoms. The van der Waals surface area contributed by atoms with Crippen molar-refractivity contribution in [2.45, 2.75) is 27.7 Å². The first-order valence-corrected chi connectivity index (χ1v) is 11.0. The van der Waals surface area contributed by atoms with Gasteiger partial charge in [-0.3, -0.25) is 9.59 Å². The van der Waals surface area contributed by atoms with Crippen molar-refractivity contribution in [3.63, 3.8) is 0 Å². The van der Waals surface area contributed by atoms with Crippen LogP contribution in [0, 0.1) is 20.8 Å². The lowest BCUT2D eigenvalue weighted by atomic mass is 10.0. The number of aryl methyl sites for hydroxylation is 3. The van der Waals surface area contributed by atoms with Gasteiger partial charge in [0, 0.05) is 23.9 Å². The second-order valence-corrected chi connectivity index (χ2v) is 8.62. The largest absolute Gasteiger partial charge is 0.456 e. The molecule has 6 heteroatoms. The molecule has 2 N–H and O–H groups in total. The number of thiophene rings is 1. The monoisotopic (exact) mass is 432 g/mol. The van der Waals surface area contributed by atoms with Crippen molar-refractivity contribution in [2.75, 3.05) is 6.54 Å². The zero-order chi connectivity index (χ0) is 22.1. The molecular weight excluding hydrogens is 408 g/mol. The van der Waals surface area contributed by atoms with Crippen molar-refractivity contribution in [3.05, 3.63) is 80.6 Å². The number of amides is 1. The number of ether oxygens (including phenoxy) is 1. The maximum absolute atomic E-state index is 12.5. The summed E-state index contributed by atoms with van der Waals surface area (Å²) in [6, 6.07) is 13.7. The van der Waals surface area contributed by atoms with Crippen molar-refractivity contribution in [1.82, 2.24) is 10.3 Å². The second kappa shape index (κ2) is 8.40. The molecule has 2 heterocycles. The number of H-pyrrole nitrogens is 1. The highest BCUT2D eigenvalue weighted by Gasteiger charge is 2.18. The normalized spacial score (nSPS) is 11.0. The van der Waals surface area contributed by atoms with Gasteiger partial charge < -0.3 is 15.0 Å². The van der Waals surface area contributed by atoms with Gasteiger partial charge in [-0.2, -0.15) is 0 Å². The Balaban J connectivity index is 1.90. The van der Waals surface area contributed by atoms with E-state index in [9.17, 15) is 9.59 Å². The quantitative estimate of drug-likeness (QED) is 0.423. The third-order valence-corrected chi connectivity index (χ3v) is 6.34. The van der Waals surface area contributed by atoms with Crippen LogP contribution in [-0.4, -0.2) is 17.4 Å². The number of hydrogen-bond donors (Lipinski definition) is 2. The number of nitrogens with one attached hydrogen (secondary N) is 2. The van der Waals surface area contributed by atoms with E-state index in [0.717, 1.165) is 38.3 Å². The number of carbonyl (C=O) groups excluding carboxylic acids is 1. The van der Waals surface area contributed by atoms with Crippen LogP contribution in [0.1, 0.15) is 33.3 Å². The first-order valence-electron chi connectivity index (χ1n) is 10.2. The third-order valence-electron chi connectivity index (χ3n) is 5.18.